The molecule has 1 fully saturated rings. The van der Waals surface area contributed by atoms with E-state index in [1.165, 1.54) is 6.42 Å². The van der Waals surface area contributed by atoms with Gasteiger partial charge in [0.15, 0.2) is 0 Å². The molecule has 23 heavy (non-hydrogen) atoms. The molecular weight excluding hydrogens is 292 g/mol. The third-order valence-electron chi connectivity index (χ3n) is 4.16. The fourth-order valence-electron chi connectivity index (χ4n) is 3.21. The first-order valence-corrected chi connectivity index (χ1v) is 8.12. The summed E-state index contributed by atoms with van der Waals surface area (Å²) in [6.07, 6.45) is 5.47. The molecule has 0 saturated carbocycles. The lowest BCUT2D eigenvalue weighted by molar-refractivity contribution is -0.133. The van der Waals surface area contributed by atoms with Crippen molar-refractivity contribution in [2.45, 2.75) is 33.1 Å². The Kier molecular flexibility index (Phi) is 4.69. The molecule has 0 bridgehead atoms. The minimum Gasteiger partial charge on any atom is -0.342 e. The summed E-state index contributed by atoms with van der Waals surface area (Å²) in [7, 11) is 0. The molecule has 1 aliphatic rings. The number of hydrogen-bond donors (Lipinski definition) is 0. The van der Waals surface area contributed by atoms with Gasteiger partial charge < -0.3 is 9.42 Å². The second kappa shape index (κ2) is 6.89. The number of carbonyl (C=O) groups is 1. The molecule has 6 heteroatoms. The van der Waals surface area contributed by atoms with Crippen molar-refractivity contribution in [3.05, 3.63) is 30.4 Å². The van der Waals surface area contributed by atoms with Crippen molar-refractivity contribution in [3.63, 3.8) is 0 Å². The molecule has 2 aromatic heterocycles. The Morgan fingerprint density at radius 3 is 2.83 bits per heavy atom. The van der Waals surface area contributed by atoms with Crippen LogP contribution >= 0.6 is 0 Å². The topological polar surface area (TPSA) is 72.1 Å². The van der Waals surface area contributed by atoms with E-state index in [0.29, 0.717) is 36.4 Å². The normalized spacial score (nSPS) is 21.4. The number of likely N-dealkylation sites (tertiary alicyclic amines) is 1. The van der Waals surface area contributed by atoms with E-state index in [-0.39, 0.29) is 5.91 Å². The predicted octanol–water partition coefficient (Wildman–Crippen LogP) is 2.57. The highest BCUT2D eigenvalue weighted by Crippen LogP contribution is 2.22. The van der Waals surface area contributed by atoms with E-state index < -0.39 is 0 Å². The summed E-state index contributed by atoms with van der Waals surface area (Å²) in [6, 6.07) is 3.71. The molecule has 3 rings (SSSR count). The van der Waals surface area contributed by atoms with E-state index in [4.69, 9.17) is 4.52 Å². The highest BCUT2D eigenvalue weighted by Gasteiger charge is 2.25. The number of nitrogens with zero attached hydrogens (tertiary/aromatic N) is 4. The summed E-state index contributed by atoms with van der Waals surface area (Å²) in [5.41, 5.74) is 0.813. The number of hydrogen-bond acceptors (Lipinski definition) is 5. The van der Waals surface area contributed by atoms with Gasteiger partial charge in [-0.1, -0.05) is 19.0 Å². The average molecular weight is 314 g/mol. The molecule has 2 aromatic rings. The van der Waals surface area contributed by atoms with Crippen molar-refractivity contribution in [2.75, 3.05) is 13.1 Å². The molecule has 122 valence electrons. The maximum Gasteiger partial charge on any atom is 0.227 e. The van der Waals surface area contributed by atoms with Crippen LogP contribution in [0.5, 0.6) is 0 Å². The van der Waals surface area contributed by atoms with Crippen LogP contribution in [0.3, 0.4) is 0 Å². The Morgan fingerprint density at radius 2 is 2.13 bits per heavy atom. The van der Waals surface area contributed by atoms with Crippen molar-refractivity contribution in [3.8, 4) is 11.4 Å². The van der Waals surface area contributed by atoms with Crippen LogP contribution in [-0.4, -0.2) is 39.0 Å². The quantitative estimate of drug-likeness (QED) is 0.867. The summed E-state index contributed by atoms with van der Waals surface area (Å²) in [5, 5.41) is 3.95. The van der Waals surface area contributed by atoms with E-state index in [1.54, 1.807) is 12.4 Å². The first kappa shape index (κ1) is 15.6. The van der Waals surface area contributed by atoms with Crippen molar-refractivity contribution in [1.29, 1.82) is 0 Å². The molecule has 0 radical (unpaired) electrons. The van der Waals surface area contributed by atoms with E-state index in [1.807, 2.05) is 17.0 Å². The Bertz CT molecular complexity index is 646. The summed E-state index contributed by atoms with van der Waals surface area (Å²) < 4.78 is 5.24. The monoisotopic (exact) mass is 314 g/mol. The van der Waals surface area contributed by atoms with E-state index >= 15 is 0 Å². The number of amides is 1. The highest BCUT2D eigenvalue weighted by atomic mass is 16.5. The van der Waals surface area contributed by atoms with Gasteiger partial charge in [0.25, 0.3) is 0 Å². The van der Waals surface area contributed by atoms with Crippen LogP contribution in [0.25, 0.3) is 11.4 Å². The third-order valence-corrected chi connectivity index (χ3v) is 4.16. The van der Waals surface area contributed by atoms with Gasteiger partial charge >= 0.3 is 0 Å². The third kappa shape index (κ3) is 3.94. The van der Waals surface area contributed by atoms with Gasteiger partial charge in [-0.3, -0.25) is 9.78 Å². The van der Waals surface area contributed by atoms with Crippen molar-refractivity contribution in [1.82, 2.24) is 20.0 Å². The Labute approximate surface area is 135 Å². The van der Waals surface area contributed by atoms with Crippen LogP contribution in [-0.2, 0) is 11.2 Å². The van der Waals surface area contributed by atoms with Crippen LogP contribution in [0.2, 0.25) is 0 Å². The van der Waals surface area contributed by atoms with Crippen LogP contribution in [0.15, 0.2) is 29.0 Å². The lowest BCUT2D eigenvalue weighted by Gasteiger charge is -2.35. The first-order chi connectivity index (χ1) is 11.1. The van der Waals surface area contributed by atoms with Gasteiger partial charge in [0.1, 0.15) is 0 Å². The molecule has 0 unspecified atom stereocenters. The SMILES string of the molecule is C[C@@H]1C[C@H](C)CN(C(=O)CCc2nc(-c3cccnc3)no2)C1. The molecule has 0 spiro atoms. The molecule has 0 aliphatic carbocycles. The predicted molar refractivity (Wildman–Crippen MR) is 85.4 cm³/mol. The zero-order valence-corrected chi connectivity index (χ0v) is 13.6. The summed E-state index contributed by atoms with van der Waals surface area (Å²) in [6.45, 7) is 6.12. The van der Waals surface area contributed by atoms with E-state index in [9.17, 15) is 4.79 Å². The standard InChI is InChI=1S/C17H22N4O2/c1-12-8-13(2)11-21(10-12)16(22)6-5-15-19-17(20-23-15)14-4-3-7-18-9-14/h3-4,7,9,12-13H,5-6,8,10-11H2,1-2H3/t12-,13+. The van der Waals surface area contributed by atoms with Crippen LogP contribution in [0.4, 0.5) is 0 Å². The molecule has 1 saturated heterocycles. The van der Waals surface area contributed by atoms with Crippen molar-refractivity contribution >= 4 is 5.91 Å². The van der Waals surface area contributed by atoms with Crippen LogP contribution in [0.1, 0.15) is 32.6 Å². The molecule has 1 amide bonds. The number of aryl methyl sites for hydroxylation is 1. The second-order valence-electron chi connectivity index (χ2n) is 6.50. The smallest absolute Gasteiger partial charge is 0.227 e. The summed E-state index contributed by atoms with van der Waals surface area (Å²) in [4.78, 5) is 22.7. The molecule has 0 N–H and O–H groups in total. The minimum absolute atomic E-state index is 0.171. The fourth-order valence-corrected chi connectivity index (χ4v) is 3.21. The fraction of sp³-hybridized carbons (Fsp3) is 0.529. The molecular formula is C17H22N4O2. The van der Waals surface area contributed by atoms with Crippen LogP contribution in [0, 0.1) is 11.8 Å². The zero-order valence-electron chi connectivity index (χ0n) is 13.6. The Balaban J connectivity index is 1.56. The molecule has 1 aliphatic heterocycles. The van der Waals surface area contributed by atoms with Crippen molar-refractivity contribution in [2.24, 2.45) is 11.8 Å². The van der Waals surface area contributed by atoms with Gasteiger partial charge in [-0.25, -0.2) is 0 Å². The van der Waals surface area contributed by atoms with E-state index in [2.05, 4.69) is 29.0 Å². The van der Waals surface area contributed by atoms with Gasteiger partial charge in [0.2, 0.25) is 17.6 Å². The molecule has 2 atom stereocenters. The number of carbonyl (C=O) groups excluding carboxylic acids is 1. The van der Waals surface area contributed by atoms with Gasteiger partial charge in [-0.05, 0) is 30.4 Å². The maximum atomic E-state index is 12.4. The van der Waals surface area contributed by atoms with Crippen LogP contribution < -0.4 is 0 Å². The second-order valence-corrected chi connectivity index (χ2v) is 6.50. The maximum absolute atomic E-state index is 12.4. The minimum atomic E-state index is 0.171. The number of rotatable bonds is 4. The van der Waals surface area contributed by atoms with Gasteiger partial charge in [0.05, 0.1) is 0 Å². The zero-order chi connectivity index (χ0) is 16.2. The summed E-state index contributed by atoms with van der Waals surface area (Å²) >= 11 is 0. The van der Waals surface area contributed by atoms with Gasteiger partial charge in [-0.15, -0.1) is 0 Å². The Hall–Kier alpha value is -2.24. The molecule has 6 nitrogen and oxygen atoms in total. The number of aromatic nitrogens is 3. The highest BCUT2D eigenvalue weighted by molar-refractivity contribution is 5.76. The largest absolute Gasteiger partial charge is 0.342 e. The lowest BCUT2D eigenvalue weighted by atomic mass is 9.91. The molecule has 0 aromatic carbocycles. The average Bonchev–Trinajstić information content (AvgIpc) is 3.01. The van der Waals surface area contributed by atoms with E-state index in [0.717, 1.165) is 18.7 Å². The van der Waals surface area contributed by atoms with Gasteiger partial charge in [0, 0.05) is 43.9 Å². The first-order valence-electron chi connectivity index (χ1n) is 8.12. The van der Waals surface area contributed by atoms with Crippen molar-refractivity contribution < 1.29 is 9.32 Å². The Morgan fingerprint density at radius 1 is 1.35 bits per heavy atom. The number of piperidine rings is 1. The lowest BCUT2D eigenvalue weighted by Crippen LogP contribution is -2.42. The number of pyridine rings is 1. The summed E-state index contributed by atoms with van der Waals surface area (Å²) in [5.74, 6) is 2.33. The molecule has 3 heterocycles. The van der Waals surface area contributed by atoms with Gasteiger partial charge in [-0.2, -0.15) is 4.98 Å².